The van der Waals surface area contributed by atoms with Crippen LogP contribution in [-0.4, -0.2) is 41.6 Å². The summed E-state index contributed by atoms with van der Waals surface area (Å²) in [5.41, 5.74) is 9.23. The van der Waals surface area contributed by atoms with Crippen LogP contribution >= 0.6 is 0 Å². The van der Waals surface area contributed by atoms with Gasteiger partial charge < -0.3 is 20.4 Å². The summed E-state index contributed by atoms with van der Waals surface area (Å²) in [4.78, 5) is 18.7. The van der Waals surface area contributed by atoms with Gasteiger partial charge in [0.25, 0.3) is 0 Å². The zero-order valence-electron chi connectivity index (χ0n) is 14.0. The van der Waals surface area contributed by atoms with E-state index >= 15 is 0 Å². The molecule has 1 saturated carbocycles. The number of oxazole rings is 1. The first-order valence-corrected chi connectivity index (χ1v) is 8.71. The highest BCUT2D eigenvalue weighted by Gasteiger charge is 2.49. The Bertz CT molecular complexity index is 765. The summed E-state index contributed by atoms with van der Waals surface area (Å²) in [6, 6.07) is 6.04. The number of amides is 2. The van der Waals surface area contributed by atoms with Gasteiger partial charge in [0.05, 0.1) is 0 Å². The van der Waals surface area contributed by atoms with Crippen LogP contribution in [0.1, 0.15) is 30.7 Å². The molecule has 2 fully saturated rings. The minimum absolute atomic E-state index is 0.00210. The fraction of sp³-hybridized carbons (Fsp3) is 0.556. The summed E-state index contributed by atoms with van der Waals surface area (Å²) in [7, 11) is 0. The highest BCUT2D eigenvalue weighted by atomic mass is 16.3. The number of nitrogens with zero attached hydrogens (tertiary/aromatic N) is 2. The lowest BCUT2D eigenvalue weighted by atomic mass is 9.66. The van der Waals surface area contributed by atoms with E-state index < -0.39 is 0 Å². The van der Waals surface area contributed by atoms with Gasteiger partial charge in [-0.05, 0) is 30.9 Å². The van der Waals surface area contributed by atoms with Gasteiger partial charge in [-0.1, -0.05) is 18.6 Å². The van der Waals surface area contributed by atoms with Crippen LogP contribution in [-0.2, 0) is 6.42 Å². The minimum atomic E-state index is -0.00210. The molecule has 2 aromatic rings. The van der Waals surface area contributed by atoms with E-state index in [0.29, 0.717) is 19.0 Å². The van der Waals surface area contributed by atoms with Crippen LogP contribution < -0.4 is 11.1 Å². The van der Waals surface area contributed by atoms with Crippen LogP contribution in [0.3, 0.4) is 0 Å². The van der Waals surface area contributed by atoms with Crippen LogP contribution in [0.15, 0.2) is 22.6 Å². The third-order valence-corrected chi connectivity index (χ3v) is 5.63. The topological polar surface area (TPSA) is 84.4 Å². The molecule has 1 aliphatic heterocycles. The van der Waals surface area contributed by atoms with E-state index in [1.165, 1.54) is 6.42 Å². The molecule has 24 heavy (non-hydrogen) atoms. The van der Waals surface area contributed by atoms with Crippen LogP contribution in [0.5, 0.6) is 0 Å². The van der Waals surface area contributed by atoms with E-state index in [-0.39, 0.29) is 17.5 Å². The zero-order valence-corrected chi connectivity index (χ0v) is 14.0. The molecule has 0 radical (unpaired) electrons. The average molecular weight is 328 g/mol. The van der Waals surface area contributed by atoms with Crippen LogP contribution in [0, 0.1) is 12.3 Å². The van der Waals surface area contributed by atoms with Crippen LogP contribution in [0.25, 0.3) is 11.1 Å². The Hall–Kier alpha value is -2.08. The van der Waals surface area contributed by atoms with Crippen molar-refractivity contribution in [3.8, 4) is 0 Å². The van der Waals surface area contributed by atoms with Gasteiger partial charge in [0.15, 0.2) is 11.5 Å². The highest BCUT2D eigenvalue weighted by molar-refractivity contribution is 5.77. The Morgan fingerprint density at radius 1 is 1.50 bits per heavy atom. The number of likely N-dealkylation sites (tertiary alicyclic amines) is 1. The highest BCUT2D eigenvalue weighted by Crippen LogP contribution is 2.47. The lowest BCUT2D eigenvalue weighted by molar-refractivity contribution is 0.125. The van der Waals surface area contributed by atoms with E-state index in [4.69, 9.17) is 10.2 Å². The number of hydrogen-bond acceptors (Lipinski definition) is 4. The van der Waals surface area contributed by atoms with E-state index in [1.54, 1.807) is 0 Å². The number of nitrogens with two attached hydrogens (primary N) is 1. The molecule has 2 heterocycles. The number of fused-ring (bicyclic) bond motifs is 1. The Morgan fingerprint density at radius 2 is 2.33 bits per heavy atom. The molecular weight excluding hydrogens is 304 g/mol. The zero-order chi connectivity index (χ0) is 16.7. The van der Waals surface area contributed by atoms with Gasteiger partial charge in [-0.2, -0.15) is 0 Å². The number of nitrogens with one attached hydrogen (secondary N) is 1. The van der Waals surface area contributed by atoms with Crippen LogP contribution in [0.2, 0.25) is 0 Å². The molecule has 3 N–H and O–H groups in total. The number of rotatable bonds is 3. The summed E-state index contributed by atoms with van der Waals surface area (Å²) in [5, 5.41) is 3.02. The first kappa shape index (κ1) is 15.4. The van der Waals surface area contributed by atoms with Crippen molar-refractivity contribution in [1.82, 2.24) is 15.2 Å². The van der Waals surface area contributed by atoms with Gasteiger partial charge in [-0.15, -0.1) is 0 Å². The van der Waals surface area contributed by atoms with E-state index in [9.17, 15) is 4.79 Å². The molecule has 1 aliphatic carbocycles. The molecule has 2 aliphatic rings. The summed E-state index contributed by atoms with van der Waals surface area (Å²) in [6.45, 7) is 3.91. The maximum Gasteiger partial charge on any atom is 0.317 e. The summed E-state index contributed by atoms with van der Waals surface area (Å²) >= 11 is 0. The number of para-hydroxylation sites is 1. The van der Waals surface area contributed by atoms with Crippen molar-refractivity contribution in [3.63, 3.8) is 0 Å². The van der Waals surface area contributed by atoms with Crippen molar-refractivity contribution in [2.45, 2.75) is 38.6 Å². The van der Waals surface area contributed by atoms with E-state index in [1.807, 2.05) is 30.0 Å². The van der Waals surface area contributed by atoms with Crippen LogP contribution in [0.4, 0.5) is 4.79 Å². The Morgan fingerprint density at radius 3 is 3.04 bits per heavy atom. The number of aromatic nitrogens is 1. The number of carbonyl (C=O) groups excluding carboxylic acids is 1. The fourth-order valence-corrected chi connectivity index (χ4v) is 4.04. The standard InChI is InChI=1S/C18H24N4O2/c1-12-21-16-13(4-2-5-14(16)24-12)6-9-20-17(23)22-10-15(19)18(11-22)7-3-8-18/h2,4-5,15H,3,6-11,19H2,1H3,(H,20,23). The second-order valence-electron chi connectivity index (χ2n) is 7.18. The number of carbonyl (C=O) groups is 1. The van der Waals surface area contributed by atoms with Gasteiger partial charge in [0.2, 0.25) is 0 Å². The molecule has 1 atom stereocenters. The monoisotopic (exact) mass is 328 g/mol. The quantitative estimate of drug-likeness (QED) is 0.904. The average Bonchev–Trinajstić information content (AvgIpc) is 3.06. The molecular formula is C18H24N4O2. The predicted octanol–water partition coefficient (Wildman–Crippen LogP) is 2.20. The molecule has 1 aromatic heterocycles. The van der Waals surface area contributed by atoms with Crippen molar-refractivity contribution >= 4 is 17.1 Å². The van der Waals surface area contributed by atoms with Crippen molar-refractivity contribution in [1.29, 1.82) is 0 Å². The largest absolute Gasteiger partial charge is 0.441 e. The van der Waals surface area contributed by atoms with Crippen molar-refractivity contribution < 1.29 is 9.21 Å². The maximum atomic E-state index is 12.4. The number of aryl methyl sites for hydroxylation is 1. The first-order valence-electron chi connectivity index (χ1n) is 8.71. The summed E-state index contributed by atoms with van der Waals surface area (Å²) in [5.74, 6) is 0.665. The molecule has 0 bridgehead atoms. The van der Waals surface area contributed by atoms with E-state index in [0.717, 1.165) is 42.5 Å². The minimum Gasteiger partial charge on any atom is -0.441 e. The maximum absolute atomic E-state index is 12.4. The molecule has 6 nitrogen and oxygen atoms in total. The number of hydrogen-bond donors (Lipinski definition) is 2. The van der Waals surface area contributed by atoms with Gasteiger partial charge in [0.1, 0.15) is 5.52 Å². The third kappa shape index (κ3) is 2.55. The molecule has 1 spiro atoms. The van der Waals surface area contributed by atoms with Crippen molar-refractivity contribution in [2.24, 2.45) is 11.1 Å². The lowest BCUT2D eigenvalue weighted by Gasteiger charge is -2.41. The molecule has 2 amide bonds. The molecule has 6 heteroatoms. The number of urea groups is 1. The SMILES string of the molecule is Cc1nc2c(CCNC(=O)N3CC(N)C4(CCC4)C3)cccc2o1. The van der Waals surface area contributed by atoms with Crippen molar-refractivity contribution in [2.75, 3.05) is 19.6 Å². The first-order chi connectivity index (χ1) is 11.6. The van der Waals surface area contributed by atoms with Gasteiger partial charge in [-0.25, -0.2) is 9.78 Å². The Labute approximate surface area is 141 Å². The normalized spacial score (nSPS) is 22.1. The fourth-order valence-electron chi connectivity index (χ4n) is 4.04. The molecule has 128 valence electrons. The van der Waals surface area contributed by atoms with Gasteiger partial charge in [0, 0.05) is 38.0 Å². The Kier molecular flexibility index (Phi) is 3.72. The smallest absolute Gasteiger partial charge is 0.317 e. The molecule has 1 aromatic carbocycles. The summed E-state index contributed by atoms with van der Waals surface area (Å²) in [6.07, 6.45) is 4.29. The predicted molar refractivity (Wildman–Crippen MR) is 91.7 cm³/mol. The molecule has 1 unspecified atom stereocenters. The van der Waals surface area contributed by atoms with Gasteiger partial charge in [-0.3, -0.25) is 0 Å². The Balaban J connectivity index is 1.34. The lowest BCUT2D eigenvalue weighted by Crippen LogP contribution is -2.45. The molecule has 1 saturated heterocycles. The van der Waals surface area contributed by atoms with Crippen molar-refractivity contribution in [3.05, 3.63) is 29.7 Å². The van der Waals surface area contributed by atoms with Gasteiger partial charge >= 0.3 is 6.03 Å². The third-order valence-electron chi connectivity index (χ3n) is 5.63. The number of benzene rings is 1. The summed E-state index contributed by atoms with van der Waals surface area (Å²) < 4.78 is 5.55. The second-order valence-corrected chi connectivity index (χ2v) is 7.18. The van der Waals surface area contributed by atoms with E-state index in [2.05, 4.69) is 10.3 Å². The second kappa shape index (κ2) is 5.77. The molecule has 4 rings (SSSR count).